The van der Waals surface area contributed by atoms with Crippen LogP contribution in [-0.4, -0.2) is 11.7 Å². The highest BCUT2D eigenvalue weighted by Crippen LogP contribution is 2.30. The van der Waals surface area contributed by atoms with Gasteiger partial charge < -0.3 is 10.4 Å². The molecule has 0 fully saturated rings. The van der Waals surface area contributed by atoms with Gasteiger partial charge in [-0.1, -0.05) is 29.3 Å². The number of rotatable bonds is 4. The summed E-state index contributed by atoms with van der Waals surface area (Å²) in [6, 6.07) is 10.9. The number of anilines is 1. The minimum Gasteiger partial charge on any atom is -0.394 e. The summed E-state index contributed by atoms with van der Waals surface area (Å²) in [5.41, 5.74) is 1.81. The standard InChI is InChI=1S/C14H11Br2Cl2NO/c15-10-5-8(1-3-12(10)17)14(7-20)19-9-2-4-13(18)11(16)6-9/h1-6,14,19-20H,7H2. The molecule has 1 unspecified atom stereocenters. The van der Waals surface area contributed by atoms with Crippen molar-refractivity contribution in [2.24, 2.45) is 0 Å². The summed E-state index contributed by atoms with van der Waals surface area (Å²) in [6.45, 7) is -0.0334. The molecular formula is C14H11Br2Cl2NO. The molecule has 0 spiro atoms. The summed E-state index contributed by atoms with van der Waals surface area (Å²) in [7, 11) is 0. The molecule has 106 valence electrons. The summed E-state index contributed by atoms with van der Waals surface area (Å²) in [5, 5.41) is 14.1. The third-order valence-corrected chi connectivity index (χ3v) is 5.22. The zero-order valence-electron chi connectivity index (χ0n) is 10.2. The van der Waals surface area contributed by atoms with Crippen molar-refractivity contribution in [3.05, 3.63) is 61.0 Å². The second-order valence-electron chi connectivity index (χ2n) is 4.18. The maximum Gasteiger partial charge on any atom is 0.0745 e. The van der Waals surface area contributed by atoms with Crippen LogP contribution in [-0.2, 0) is 0 Å². The molecule has 0 aliphatic carbocycles. The van der Waals surface area contributed by atoms with Crippen LogP contribution in [0.3, 0.4) is 0 Å². The smallest absolute Gasteiger partial charge is 0.0745 e. The fraction of sp³-hybridized carbons (Fsp3) is 0.143. The largest absolute Gasteiger partial charge is 0.394 e. The molecule has 2 aromatic carbocycles. The average Bonchev–Trinajstić information content (AvgIpc) is 2.43. The summed E-state index contributed by atoms with van der Waals surface area (Å²) in [6.07, 6.45) is 0. The Hall–Kier alpha value is -0.260. The van der Waals surface area contributed by atoms with Crippen LogP contribution >= 0.6 is 55.1 Å². The van der Waals surface area contributed by atoms with Crippen LogP contribution in [0.5, 0.6) is 0 Å². The van der Waals surface area contributed by atoms with Crippen LogP contribution in [0.25, 0.3) is 0 Å². The molecule has 0 aromatic heterocycles. The summed E-state index contributed by atoms with van der Waals surface area (Å²) < 4.78 is 1.60. The van der Waals surface area contributed by atoms with E-state index in [1.165, 1.54) is 0 Å². The summed E-state index contributed by atoms with van der Waals surface area (Å²) in [4.78, 5) is 0. The third kappa shape index (κ3) is 3.89. The number of aliphatic hydroxyl groups excluding tert-OH is 1. The van der Waals surface area contributed by atoms with E-state index in [-0.39, 0.29) is 12.6 Å². The topological polar surface area (TPSA) is 32.3 Å². The Morgan fingerprint density at radius 3 is 2.15 bits per heavy atom. The minimum absolute atomic E-state index is 0.0334. The molecule has 6 heteroatoms. The highest BCUT2D eigenvalue weighted by molar-refractivity contribution is 9.10. The number of nitrogens with one attached hydrogen (secondary N) is 1. The minimum atomic E-state index is -0.225. The third-order valence-electron chi connectivity index (χ3n) is 2.79. The number of aliphatic hydroxyl groups is 1. The molecule has 0 saturated heterocycles. The van der Waals surface area contributed by atoms with E-state index in [9.17, 15) is 5.11 Å². The van der Waals surface area contributed by atoms with E-state index < -0.39 is 0 Å². The van der Waals surface area contributed by atoms with Crippen molar-refractivity contribution < 1.29 is 5.11 Å². The fourth-order valence-electron chi connectivity index (χ4n) is 1.75. The molecule has 2 aromatic rings. The van der Waals surface area contributed by atoms with E-state index in [1.54, 1.807) is 12.1 Å². The molecule has 0 bridgehead atoms. The molecule has 0 saturated carbocycles. The van der Waals surface area contributed by atoms with Gasteiger partial charge in [-0.3, -0.25) is 0 Å². The first-order chi connectivity index (χ1) is 9.51. The Morgan fingerprint density at radius 2 is 1.60 bits per heavy atom. The van der Waals surface area contributed by atoms with Crippen molar-refractivity contribution in [1.82, 2.24) is 0 Å². The molecule has 1 atom stereocenters. The Bertz CT molecular complexity index is 622. The molecule has 0 amide bonds. The number of hydrogen-bond donors (Lipinski definition) is 2. The van der Waals surface area contributed by atoms with Crippen molar-refractivity contribution in [3.8, 4) is 0 Å². The van der Waals surface area contributed by atoms with Gasteiger partial charge in [0.25, 0.3) is 0 Å². The van der Waals surface area contributed by atoms with Crippen molar-refractivity contribution >= 4 is 60.7 Å². The molecule has 0 radical (unpaired) electrons. The number of benzene rings is 2. The number of halogens is 4. The first-order valence-corrected chi connectivity index (χ1v) is 8.13. The van der Waals surface area contributed by atoms with Gasteiger partial charge in [0.1, 0.15) is 0 Å². The van der Waals surface area contributed by atoms with E-state index in [1.807, 2.05) is 24.3 Å². The highest BCUT2D eigenvalue weighted by atomic mass is 79.9. The summed E-state index contributed by atoms with van der Waals surface area (Å²) >= 11 is 18.7. The molecule has 0 heterocycles. The lowest BCUT2D eigenvalue weighted by Crippen LogP contribution is -2.14. The summed E-state index contributed by atoms with van der Waals surface area (Å²) in [5.74, 6) is 0. The van der Waals surface area contributed by atoms with Gasteiger partial charge in [0.05, 0.1) is 22.7 Å². The second kappa shape index (κ2) is 7.14. The van der Waals surface area contributed by atoms with Gasteiger partial charge in [-0.25, -0.2) is 0 Å². The number of hydrogen-bond acceptors (Lipinski definition) is 2. The van der Waals surface area contributed by atoms with Crippen molar-refractivity contribution in [2.45, 2.75) is 6.04 Å². The zero-order valence-corrected chi connectivity index (χ0v) is 14.9. The quantitative estimate of drug-likeness (QED) is 0.643. The molecular weight excluding hydrogens is 429 g/mol. The predicted octanol–water partition coefficient (Wildman–Crippen LogP) is 5.66. The Morgan fingerprint density at radius 1 is 1.00 bits per heavy atom. The second-order valence-corrected chi connectivity index (χ2v) is 6.71. The SMILES string of the molecule is OCC(Nc1ccc(Cl)c(Br)c1)c1ccc(Cl)c(Br)c1. The molecule has 2 rings (SSSR count). The van der Waals surface area contributed by atoms with Crippen molar-refractivity contribution in [2.75, 3.05) is 11.9 Å². The average molecular weight is 440 g/mol. The van der Waals surface area contributed by atoms with Gasteiger partial charge in [0.2, 0.25) is 0 Å². The lowest BCUT2D eigenvalue weighted by atomic mass is 10.1. The maximum atomic E-state index is 9.58. The van der Waals surface area contributed by atoms with Crippen LogP contribution < -0.4 is 5.32 Å². The van der Waals surface area contributed by atoms with Gasteiger partial charge in [0, 0.05) is 14.6 Å². The van der Waals surface area contributed by atoms with E-state index in [0.717, 1.165) is 20.2 Å². The van der Waals surface area contributed by atoms with E-state index in [0.29, 0.717) is 10.0 Å². The fourth-order valence-corrected chi connectivity index (χ4v) is 2.76. The van der Waals surface area contributed by atoms with Gasteiger partial charge >= 0.3 is 0 Å². The first-order valence-electron chi connectivity index (χ1n) is 5.78. The lowest BCUT2D eigenvalue weighted by Gasteiger charge is -2.19. The highest BCUT2D eigenvalue weighted by Gasteiger charge is 2.12. The van der Waals surface area contributed by atoms with Gasteiger partial charge in [-0.15, -0.1) is 0 Å². The Labute approximate surface area is 144 Å². The maximum absolute atomic E-state index is 9.58. The van der Waals surface area contributed by atoms with E-state index in [4.69, 9.17) is 23.2 Å². The van der Waals surface area contributed by atoms with Crippen LogP contribution in [0.1, 0.15) is 11.6 Å². The zero-order chi connectivity index (χ0) is 14.7. The molecule has 2 N–H and O–H groups in total. The van der Waals surface area contributed by atoms with Crippen molar-refractivity contribution in [1.29, 1.82) is 0 Å². The lowest BCUT2D eigenvalue weighted by molar-refractivity contribution is 0.276. The monoisotopic (exact) mass is 437 g/mol. The van der Waals surface area contributed by atoms with Gasteiger partial charge in [-0.05, 0) is 67.8 Å². The normalized spacial score (nSPS) is 12.2. The molecule has 2 nitrogen and oxygen atoms in total. The van der Waals surface area contributed by atoms with E-state index in [2.05, 4.69) is 37.2 Å². The van der Waals surface area contributed by atoms with Crippen LogP contribution in [0, 0.1) is 0 Å². The Kier molecular flexibility index (Phi) is 5.75. The molecule has 0 aliphatic heterocycles. The van der Waals surface area contributed by atoms with Gasteiger partial charge in [-0.2, -0.15) is 0 Å². The van der Waals surface area contributed by atoms with E-state index >= 15 is 0 Å². The van der Waals surface area contributed by atoms with Crippen LogP contribution in [0.4, 0.5) is 5.69 Å². The van der Waals surface area contributed by atoms with Crippen molar-refractivity contribution in [3.63, 3.8) is 0 Å². The Balaban J connectivity index is 2.23. The molecule has 0 aliphatic rings. The molecule has 20 heavy (non-hydrogen) atoms. The van der Waals surface area contributed by atoms with Crippen LogP contribution in [0.2, 0.25) is 10.0 Å². The van der Waals surface area contributed by atoms with Crippen LogP contribution in [0.15, 0.2) is 45.3 Å². The predicted molar refractivity (Wildman–Crippen MR) is 91.8 cm³/mol. The first kappa shape index (κ1) is 16.1. The van der Waals surface area contributed by atoms with Gasteiger partial charge in [0.15, 0.2) is 0 Å².